The lowest BCUT2D eigenvalue weighted by molar-refractivity contribution is 0.0750. The summed E-state index contributed by atoms with van der Waals surface area (Å²) in [7, 11) is 0. The molecule has 2 aliphatic rings. The molecule has 0 aromatic heterocycles. The molecule has 0 N–H and O–H groups in total. The van der Waals surface area contributed by atoms with Crippen molar-refractivity contribution < 1.29 is 4.74 Å². The average molecular weight is 149 g/mol. The lowest BCUT2D eigenvalue weighted by Crippen LogP contribution is -2.22. The Balaban J connectivity index is 2.12. The Labute approximate surface area is 67.7 Å². The molecule has 59 valence electrons. The molecule has 2 rings (SSSR count). The van der Waals surface area contributed by atoms with Crippen molar-refractivity contribution in [3.63, 3.8) is 0 Å². The summed E-state index contributed by atoms with van der Waals surface area (Å²) in [6.07, 6.45) is 10.0. The van der Waals surface area contributed by atoms with Crippen LogP contribution in [-0.2, 0) is 4.74 Å². The van der Waals surface area contributed by atoms with Gasteiger partial charge in [-0.2, -0.15) is 0 Å². The van der Waals surface area contributed by atoms with Gasteiger partial charge >= 0.3 is 0 Å². The summed E-state index contributed by atoms with van der Waals surface area (Å²) < 4.78 is 5.59. The summed E-state index contributed by atoms with van der Waals surface area (Å²) >= 11 is 0. The highest BCUT2D eigenvalue weighted by atomic mass is 16.5. The summed E-state index contributed by atoms with van der Waals surface area (Å²) in [6, 6.07) is 0. The van der Waals surface area contributed by atoms with Crippen LogP contribution in [0.15, 0.2) is 24.0 Å². The first-order valence-corrected chi connectivity index (χ1v) is 4.23. The van der Waals surface area contributed by atoms with Gasteiger partial charge in [-0.3, -0.25) is 0 Å². The van der Waals surface area contributed by atoms with Gasteiger partial charge in [0.25, 0.3) is 0 Å². The maximum atomic E-state index is 5.59. The molecule has 0 aromatic carbocycles. The van der Waals surface area contributed by atoms with E-state index in [1.807, 2.05) is 0 Å². The summed E-state index contributed by atoms with van der Waals surface area (Å²) in [4.78, 5) is 0. The van der Waals surface area contributed by atoms with E-state index in [0.717, 1.165) is 18.6 Å². The average Bonchev–Trinajstić information content (AvgIpc) is 2.04. The van der Waals surface area contributed by atoms with E-state index in [-0.39, 0.29) is 6.10 Å². The standard InChI is InChI=1S/C10H13O/c1-8-6-7-9-4-2-3-5-10(9)11-8/h2-3,5,8-9H,1,4,6-7H2. The number of hydrogen-bond donors (Lipinski definition) is 0. The first-order valence-electron chi connectivity index (χ1n) is 4.23. The third-order valence-electron chi connectivity index (χ3n) is 2.36. The van der Waals surface area contributed by atoms with Gasteiger partial charge in [-0.25, -0.2) is 0 Å². The fraction of sp³-hybridized carbons (Fsp3) is 0.500. The van der Waals surface area contributed by atoms with Crippen molar-refractivity contribution in [1.29, 1.82) is 0 Å². The van der Waals surface area contributed by atoms with Crippen LogP contribution in [0.4, 0.5) is 0 Å². The van der Waals surface area contributed by atoms with Crippen molar-refractivity contribution in [3.8, 4) is 0 Å². The highest BCUT2D eigenvalue weighted by Gasteiger charge is 2.24. The molecule has 1 aliphatic carbocycles. The van der Waals surface area contributed by atoms with E-state index >= 15 is 0 Å². The SMILES string of the molecule is [CH2]C1CCC2CC=CC=C2O1. The summed E-state index contributed by atoms with van der Waals surface area (Å²) in [5, 5.41) is 0. The molecule has 0 saturated carbocycles. The van der Waals surface area contributed by atoms with Crippen LogP contribution in [0.25, 0.3) is 0 Å². The van der Waals surface area contributed by atoms with Crippen LogP contribution in [0.3, 0.4) is 0 Å². The molecule has 0 aromatic rings. The molecular weight excluding hydrogens is 136 g/mol. The molecule has 1 heteroatoms. The minimum absolute atomic E-state index is 0.184. The minimum atomic E-state index is 0.184. The van der Waals surface area contributed by atoms with Crippen LogP contribution in [0.5, 0.6) is 0 Å². The molecule has 0 spiro atoms. The van der Waals surface area contributed by atoms with Gasteiger partial charge in [0.05, 0.1) is 11.9 Å². The summed E-state index contributed by atoms with van der Waals surface area (Å²) in [5.41, 5.74) is 0. The van der Waals surface area contributed by atoms with Gasteiger partial charge in [-0.05, 0) is 32.3 Å². The highest BCUT2D eigenvalue weighted by Crippen LogP contribution is 2.32. The van der Waals surface area contributed by atoms with Gasteiger partial charge in [-0.15, -0.1) is 0 Å². The summed E-state index contributed by atoms with van der Waals surface area (Å²) in [5.74, 6) is 1.80. The quantitative estimate of drug-likeness (QED) is 0.514. The molecule has 2 atom stereocenters. The molecule has 1 fully saturated rings. The molecule has 1 nitrogen and oxygen atoms in total. The van der Waals surface area contributed by atoms with Crippen molar-refractivity contribution >= 4 is 0 Å². The largest absolute Gasteiger partial charge is 0.494 e. The van der Waals surface area contributed by atoms with Crippen LogP contribution in [-0.4, -0.2) is 6.10 Å². The lowest BCUT2D eigenvalue weighted by atomic mass is 9.90. The van der Waals surface area contributed by atoms with Crippen molar-refractivity contribution in [2.24, 2.45) is 5.92 Å². The number of hydrogen-bond acceptors (Lipinski definition) is 1. The van der Waals surface area contributed by atoms with Gasteiger partial charge in [0.1, 0.15) is 0 Å². The lowest BCUT2D eigenvalue weighted by Gasteiger charge is -2.30. The van der Waals surface area contributed by atoms with E-state index in [0.29, 0.717) is 5.92 Å². The normalized spacial score (nSPS) is 35.5. The Bertz CT molecular complexity index is 203. The van der Waals surface area contributed by atoms with Crippen LogP contribution in [0.2, 0.25) is 0 Å². The second-order valence-corrected chi connectivity index (χ2v) is 3.25. The Morgan fingerprint density at radius 3 is 3.27 bits per heavy atom. The van der Waals surface area contributed by atoms with Crippen molar-refractivity contribution in [2.45, 2.75) is 25.4 Å². The molecule has 1 radical (unpaired) electrons. The molecule has 0 amide bonds. The van der Waals surface area contributed by atoms with Gasteiger partial charge in [-0.1, -0.05) is 12.2 Å². The number of fused-ring (bicyclic) bond motifs is 1. The maximum absolute atomic E-state index is 5.59. The van der Waals surface area contributed by atoms with Crippen LogP contribution in [0, 0.1) is 12.8 Å². The smallest absolute Gasteiger partial charge is 0.0997 e. The molecular formula is C10H13O. The van der Waals surface area contributed by atoms with Gasteiger partial charge in [0, 0.05) is 5.92 Å². The number of allylic oxidation sites excluding steroid dienone is 4. The zero-order valence-corrected chi connectivity index (χ0v) is 6.62. The molecule has 1 aliphatic heterocycles. The Hall–Kier alpha value is -0.720. The van der Waals surface area contributed by atoms with E-state index in [1.54, 1.807) is 0 Å². The monoisotopic (exact) mass is 149 g/mol. The van der Waals surface area contributed by atoms with Crippen molar-refractivity contribution in [2.75, 3.05) is 0 Å². The Morgan fingerprint density at radius 1 is 1.45 bits per heavy atom. The predicted molar refractivity (Wildman–Crippen MR) is 44.8 cm³/mol. The van der Waals surface area contributed by atoms with Crippen molar-refractivity contribution in [1.82, 2.24) is 0 Å². The fourth-order valence-electron chi connectivity index (χ4n) is 1.69. The van der Waals surface area contributed by atoms with E-state index in [9.17, 15) is 0 Å². The molecule has 0 bridgehead atoms. The molecule has 1 heterocycles. The number of ether oxygens (including phenoxy) is 1. The first kappa shape index (κ1) is 6.96. The van der Waals surface area contributed by atoms with Gasteiger partial charge in [0.2, 0.25) is 0 Å². The minimum Gasteiger partial charge on any atom is -0.494 e. The van der Waals surface area contributed by atoms with E-state index in [1.165, 1.54) is 6.42 Å². The van der Waals surface area contributed by atoms with Crippen LogP contribution in [0.1, 0.15) is 19.3 Å². The van der Waals surface area contributed by atoms with E-state index in [4.69, 9.17) is 4.74 Å². The Morgan fingerprint density at radius 2 is 2.36 bits per heavy atom. The molecule has 2 unspecified atom stereocenters. The third-order valence-corrected chi connectivity index (χ3v) is 2.36. The molecule has 1 saturated heterocycles. The van der Waals surface area contributed by atoms with Crippen LogP contribution >= 0.6 is 0 Å². The van der Waals surface area contributed by atoms with E-state index in [2.05, 4.69) is 25.2 Å². The topological polar surface area (TPSA) is 9.23 Å². The van der Waals surface area contributed by atoms with E-state index < -0.39 is 0 Å². The second kappa shape index (κ2) is 2.72. The van der Waals surface area contributed by atoms with Gasteiger partial charge < -0.3 is 4.74 Å². The highest BCUT2D eigenvalue weighted by molar-refractivity contribution is 5.17. The maximum Gasteiger partial charge on any atom is 0.0997 e. The first-order chi connectivity index (χ1) is 5.36. The zero-order valence-electron chi connectivity index (χ0n) is 6.62. The predicted octanol–water partition coefficient (Wildman–Crippen LogP) is 2.46. The fourth-order valence-corrected chi connectivity index (χ4v) is 1.69. The Kier molecular flexibility index (Phi) is 1.72. The zero-order chi connectivity index (χ0) is 7.68. The summed E-state index contributed by atoms with van der Waals surface area (Å²) in [6.45, 7) is 3.90. The van der Waals surface area contributed by atoms with Crippen molar-refractivity contribution in [3.05, 3.63) is 30.9 Å². The van der Waals surface area contributed by atoms with Gasteiger partial charge in [0.15, 0.2) is 0 Å². The number of rotatable bonds is 0. The second-order valence-electron chi connectivity index (χ2n) is 3.25. The molecule has 11 heavy (non-hydrogen) atoms. The third kappa shape index (κ3) is 1.32. The van der Waals surface area contributed by atoms with Crippen LogP contribution < -0.4 is 0 Å².